The van der Waals surface area contributed by atoms with E-state index in [1.807, 2.05) is 20.8 Å². The van der Waals surface area contributed by atoms with Crippen LogP contribution in [0.15, 0.2) is 23.5 Å². The summed E-state index contributed by atoms with van der Waals surface area (Å²) in [6.07, 6.45) is 12.5. The number of hydrogen-bond acceptors (Lipinski definition) is 1. The van der Waals surface area contributed by atoms with Crippen LogP contribution in [0.2, 0.25) is 0 Å². The summed E-state index contributed by atoms with van der Waals surface area (Å²) in [6, 6.07) is 0. The van der Waals surface area contributed by atoms with Gasteiger partial charge >= 0.3 is 0 Å². The van der Waals surface area contributed by atoms with E-state index in [4.69, 9.17) is 4.74 Å². The summed E-state index contributed by atoms with van der Waals surface area (Å²) in [5.74, 6) is 1.55. The van der Waals surface area contributed by atoms with Crippen molar-refractivity contribution in [3.05, 3.63) is 23.5 Å². The Balaban J connectivity index is 0.00000176. The SMILES string of the molecule is CC.CC/C=C(OCC)\C(F)=C(\F)CC1CCC(C2CCC(C)CC2)CC1. The van der Waals surface area contributed by atoms with Gasteiger partial charge in [-0.3, -0.25) is 0 Å². The molecule has 0 heterocycles. The van der Waals surface area contributed by atoms with E-state index >= 15 is 0 Å². The largest absolute Gasteiger partial charge is 0.491 e. The smallest absolute Gasteiger partial charge is 0.196 e. The van der Waals surface area contributed by atoms with Crippen molar-refractivity contribution in [1.29, 1.82) is 0 Å². The second-order valence-electron chi connectivity index (χ2n) is 8.13. The van der Waals surface area contributed by atoms with Crippen molar-refractivity contribution >= 4 is 0 Å². The quantitative estimate of drug-likeness (QED) is 0.316. The lowest BCUT2D eigenvalue weighted by atomic mass is 9.69. The van der Waals surface area contributed by atoms with E-state index in [0.717, 1.165) is 30.6 Å². The standard InChI is InChI=1S/C22H36F2O.C2H6/c1-4-6-21(25-5-2)22(24)20(23)15-17-9-13-19(14-10-17)18-11-7-16(3)8-12-18;1-2/h6,16-19H,4-5,7-15H2,1-3H3;1-2H3/b21-6+,22-20-;. The van der Waals surface area contributed by atoms with Crippen LogP contribution in [0.1, 0.15) is 98.8 Å². The third-order valence-corrected chi connectivity index (χ3v) is 6.23. The lowest BCUT2D eigenvalue weighted by Crippen LogP contribution is -2.25. The molecule has 27 heavy (non-hydrogen) atoms. The van der Waals surface area contributed by atoms with Crippen molar-refractivity contribution in [2.45, 2.75) is 98.8 Å². The van der Waals surface area contributed by atoms with Gasteiger partial charge in [0.15, 0.2) is 11.6 Å². The predicted molar refractivity (Wildman–Crippen MR) is 112 cm³/mol. The Hall–Kier alpha value is -0.860. The molecule has 2 fully saturated rings. The molecular weight excluding hydrogens is 342 g/mol. The number of ether oxygens (including phenoxy) is 1. The Kier molecular flexibility index (Phi) is 11.9. The molecule has 0 atom stereocenters. The van der Waals surface area contributed by atoms with E-state index in [1.165, 1.54) is 38.5 Å². The molecule has 2 aliphatic carbocycles. The first-order valence-electron chi connectivity index (χ1n) is 11.4. The van der Waals surface area contributed by atoms with Gasteiger partial charge in [0.1, 0.15) is 5.83 Å². The van der Waals surface area contributed by atoms with Crippen LogP contribution in [-0.4, -0.2) is 6.61 Å². The van der Waals surface area contributed by atoms with E-state index in [0.29, 0.717) is 13.0 Å². The molecule has 0 radical (unpaired) electrons. The fourth-order valence-corrected chi connectivity index (χ4v) is 4.65. The number of allylic oxidation sites excluding steroid dienone is 3. The van der Waals surface area contributed by atoms with Gasteiger partial charge in [0.05, 0.1) is 6.61 Å². The number of rotatable bonds is 7. The molecule has 0 saturated heterocycles. The summed E-state index contributed by atoms with van der Waals surface area (Å²) in [6.45, 7) is 10.4. The summed E-state index contributed by atoms with van der Waals surface area (Å²) in [5.41, 5.74) is 0. The maximum absolute atomic E-state index is 14.4. The fraction of sp³-hybridized carbons (Fsp3) is 0.833. The van der Waals surface area contributed by atoms with Gasteiger partial charge in [0.2, 0.25) is 0 Å². The number of hydrogen-bond donors (Lipinski definition) is 0. The topological polar surface area (TPSA) is 9.23 Å². The monoisotopic (exact) mass is 384 g/mol. The molecule has 1 nitrogen and oxygen atoms in total. The maximum atomic E-state index is 14.4. The molecule has 2 aliphatic rings. The molecule has 0 spiro atoms. The minimum Gasteiger partial charge on any atom is -0.491 e. The highest BCUT2D eigenvalue weighted by Gasteiger charge is 2.30. The molecule has 3 heteroatoms. The Morgan fingerprint density at radius 1 is 0.889 bits per heavy atom. The maximum Gasteiger partial charge on any atom is 0.196 e. The molecule has 0 aromatic rings. The lowest BCUT2D eigenvalue weighted by molar-refractivity contribution is 0.147. The first-order valence-corrected chi connectivity index (χ1v) is 11.4. The van der Waals surface area contributed by atoms with Crippen molar-refractivity contribution in [2.75, 3.05) is 6.61 Å². The normalized spacial score (nSPS) is 30.1. The van der Waals surface area contributed by atoms with Gasteiger partial charge in [-0.05, 0) is 81.6 Å². The molecule has 0 bridgehead atoms. The van der Waals surface area contributed by atoms with Crippen LogP contribution in [0.4, 0.5) is 8.78 Å². The zero-order chi connectivity index (χ0) is 20.2. The van der Waals surface area contributed by atoms with E-state index < -0.39 is 11.7 Å². The summed E-state index contributed by atoms with van der Waals surface area (Å²) in [5, 5.41) is 0. The van der Waals surface area contributed by atoms with Gasteiger partial charge in [-0.2, -0.15) is 0 Å². The number of halogens is 2. The summed E-state index contributed by atoms with van der Waals surface area (Å²) in [4.78, 5) is 0. The zero-order valence-corrected chi connectivity index (χ0v) is 18.3. The molecule has 0 unspecified atom stereocenters. The van der Waals surface area contributed by atoms with E-state index in [9.17, 15) is 8.78 Å². The molecule has 158 valence electrons. The van der Waals surface area contributed by atoms with Crippen molar-refractivity contribution in [3.8, 4) is 0 Å². The predicted octanol–water partition coefficient (Wildman–Crippen LogP) is 8.52. The van der Waals surface area contributed by atoms with Crippen LogP contribution in [0.25, 0.3) is 0 Å². The fourth-order valence-electron chi connectivity index (χ4n) is 4.65. The molecule has 2 saturated carbocycles. The van der Waals surface area contributed by atoms with Crippen molar-refractivity contribution in [2.24, 2.45) is 23.7 Å². The summed E-state index contributed by atoms with van der Waals surface area (Å²) >= 11 is 0. The first kappa shape index (κ1) is 24.2. The van der Waals surface area contributed by atoms with Crippen LogP contribution in [0.5, 0.6) is 0 Å². The average molecular weight is 385 g/mol. The second-order valence-corrected chi connectivity index (χ2v) is 8.13. The van der Waals surface area contributed by atoms with Crippen LogP contribution < -0.4 is 0 Å². The molecular formula is C24H42F2O. The molecule has 0 N–H and O–H groups in total. The molecule has 0 amide bonds. The molecule has 0 aliphatic heterocycles. The minimum absolute atomic E-state index is 0.0764. The van der Waals surface area contributed by atoms with Gasteiger partial charge in [-0.25, -0.2) is 8.78 Å². The van der Waals surface area contributed by atoms with E-state index in [-0.39, 0.29) is 18.1 Å². The van der Waals surface area contributed by atoms with Crippen molar-refractivity contribution < 1.29 is 13.5 Å². The highest BCUT2D eigenvalue weighted by atomic mass is 19.2. The summed E-state index contributed by atoms with van der Waals surface area (Å²) < 4.78 is 33.9. The Morgan fingerprint density at radius 2 is 1.41 bits per heavy atom. The highest BCUT2D eigenvalue weighted by Crippen LogP contribution is 2.42. The van der Waals surface area contributed by atoms with Crippen molar-refractivity contribution in [1.82, 2.24) is 0 Å². The minimum atomic E-state index is -0.785. The first-order chi connectivity index (χ1) is 13.0. The molecule has 2 rings (SSSR count). The van der Waals surface area contributed by atoms with E-state index in [2.05, 4.69) is 6.92 Å². The summed E-state index contributed by atoms with van der Waals surface area (Å²) in [7, 11) is 0. The lowest BCUT2D eigenvalue weighted by Gasteiger charge is -2.37. The van der Waals surface area contributed by atoms with Crippen molar-refractivity contribution in [3.63, 3.8) is 0 Å². The third-order valence-electron chi connectivity index (χ3n) is 6.23. The molecule has 0 aromatic heterocycles. The highest BCUT2D eigenvalue weighted by molar-refractivity contribution is 5.22. The van der Waals surface area contributed by atoms with Crippen LogP contribution in [0, 0.1) is 23.7 Å². The van der Waals surface area contributed by atoms with Crippen LogP contribution in [-0.2, 0) is 4.74 Å². The van der Waals surface area contributed by atoms with Gasteiger partial charge in [-0.15, -0.1) is 0 Å². The Bertz CT molecular complexity index is 453. The average Bonchev–Trinajstić information content (AvgIpc) is 2.70. The van der Waals surface area contributed by atoms with Gasteiger partial charge < -0.3 is 4.74 Å². The Labute approximate surface area is 166 Å². The third kappa shape index (κ3) is 7.95. The van der Waals surface area contributed by atoms with Crippen LogP contribution in [0.3, 0.4) is 0 Å². The van der Waals surface area contributed by atoms with Gasteiger partial charge in [0, 0.05) is 6.42 Å². The second kappa shape index (κ2) is 13.3. The Morgan fingerprint density at radius 3 is 1.89 bits per heavy atom. The van der Waals surface area contributed by atoms with Crippen LogP contribution >= 0.6 is 0 Å². The van der Waals surface area contributed by atoms with Gasteiger partial charge in [0.25, 0.3) is 0 Å². The molecule has 0 aromatic carbocycles. The zero-order valence-electron chi connectivity index (χ0n) is 18.3. The van der Waals surface area contributed by atoms with E-state index in [1.54, 1.807) is 13.0 Å². The van der Waals surface area contributed by atoms with Gasteiger partial charge in [-0.1, -0.05) is 40.5 Å².